The number of piperazine rings is 1. The Morgan fingerprint density at radius 3 is 2.21 bits per heavy atom. The van der Waals surface area contributed by atoms with Crippen molar-refractivity contribution < 1.29 is 4.79 Å². The summed E-state index contributed by atoms with van der Waals surface area (Å²) in [7, 11) is 0. The van der Waals surface area contributed by atoms with Gasteiger partial charge in [-0.3, -0.25) is 4.90 Å². The van der Waals surface area contributed by atoms with Gasteiger partial charge in [-0.25, -0.2) is 4.79 Å². The summed E-state index contributed by atoms with van der Waals surface area (Å²) in [6, 6.07) is 18.8. The second kappa shape index (κ2) is 9.31. The van der Waals surface area contributed by atoms with E-state index in [4.69, 9.17) is 0 Å². The number of hydrogen-bond donors (Lipinski definition) is 1. The lowest BCUT2D eigenvalue weighted by atomic mass is 9.99. The number of urea groups is 1. The van der Waals surface area contributed by atoms with Gasteiger partial charge in [-0.15, -0.1) is 0 Å². The Labute approximate surface area is 174 Å². The van der Waals surface area contributed by atoms with Crippen LogP contribution in [-0.2, 0) is 6.54 Å². The van der Waals surface area contributed by atoms with Crippen LogP contribution in [0.3, 0.4) is 0 Å². The van der Waals surface area contributed by atoms with E-state index in [-0.39, 0.29) is 6.03 Å². The molecule has 1 N–H and O–H groups in total. The number of nitrogens with one attached hydrogen (secondary N) is 1. The number of carbonyl (C=O) groups excluding carboxylic acids is 1. The Kier molecular flexibility index (Phi) is 6.35. The average Bonchev–Trinajstić information content (AvgIpc) is 2.76. The molecule has 0 saturated carbocycles. The number of nitrogens with zero attached hydrogens (tertiary/aromatic N) is 3. The molecule has 0 radical (unpaired) electrons. The lowest BCUT2D eigenvalue weighted by Crippen LogP contribution is -2.49. The van der Waals surface area contributed by atoms with Gasteiger partial charge < -0.3 is 15.1 Å². The number of carbonyl (C=O) groups is 1. The number of hydrogen-bond acceptors (Lipinski definition) is 3. The van der Waals surface area contributed by atoms with Gasteiger partial charge in [0.25, 0.3) is 0 Å². The molecule has 5 nitrogen and oxygen atoms in total. The number of amides is 2. The first-order chi connectivity index (χ1) is 14.2. The zero-order chi connectivity index (χ0) is 20.1. The smallest absolute Gasteiger partial charge is 0.321 e. The Hall–Kier alpha value is -2.53. The quantitative estimate of drug-likeness (QED) is 0.844. The van der Waals surface area contributed by atoms with E-state index in [1.807, 2.05) is 23.1 Å². The first-order valence-electron chi connectivity index (χ1n) is 10.8. The molecule has 2 saturated heterocycles. The third kappa shape index (κ3) is 5.30. The minimum absolute atomic E-state index is 0.00362. The van der Waals surface area contributed by atoms with E-state index in [1.54, 1.807) is 0 Å². The molecule has 0 bridgehead atoms. The summed E-state index contributed by atoms with van der Waals surface area (Å²) < 4.78 is 0. The van der Waals surface area contributed by atoms with Crippen LogP contribution in [0.5, 0.6) is 0 Å². The summed E-state index contributed by atoms with van der Waals surface area (Å²) in [4.78, 5) is 19.4. The average molecular weight is 393 g/mol. The largest absolute Gasteiger partial charge is 0.372 e. The molecule has 2 aliphatic rings. The molecule has 4 rings (SSSR count). The molecule has 29 heavy (non-hydrogen) atoms. The highest BCUT2D eigenvalue weighted by molar-refractivity contribution is 5.89. The first-order valence-corrected chi connectivity index (χ1v) is 10.8. The molecule has 0 atom stereocenters. The molecule has 0 spiro atoms. The summed E-state index contributed by atoms with van der Waals surface area (Å²) in [6.45, 7) is 8.89. The van der Waals surface area contributed by atoms with Gasteiger partial charge in [0.2, 0.25) is 0 Å². The van der Waals surface area contributed by atoms with E-state index in [2.05, 4.69) is 58.4 Å². The predicted octanol–water partition coefficient (Wildman–Crippen LogP) is 4.27. The molecule has 0 aromatic heterocycles. The molecule has 0 aliphatic carbocycles. The van der Waals surface area contributed by atoms with Gasteiger partial charge in [0, 0.05) is 57.2 Å². The van der Waals surface area contributed by atoms with Crippen molar-refractivity contribution in [1.29, 1.82) is 0 Å². The van der Waals surface area contributed by atoms with E-state index in [0.717, 1.165) is 57.4 Å². The lowest BCUT2D eigenvalue weighted by Gasteiger charge is -2.34. The zero-order valence-corrected chi connectivity index (χ0v) is 17.4. The Morgan fingerprint density at radius 1 is 0.897 bits per heavy atom. The molecule has 0 unspecified atom stereocenters. The monoisotopic (exact) mass is 392 g/mol. The van der Waals surface area contributed by atoms with Crippen molar-refractivity contribution in [3.8, 4) is 0 Å². The highest BCUT2D eigenvalue weighted by atomic mass is 16.2. The molecule has 154 valence electrons. The highest BCUT2D eigenvalue weighted by Crippen LogP contribution is 2.24. The van der Waals surface area contributed by atoms with Gasteiger partial charge in [-0.2, -0.15) is 0 Å². The molecule has 2 fully saturated rings. The third-order valence-electron chi connectivity index (χ3n) is 6.18. The number of piperidine rings is 1. The van der Waals surface area contributed by atoms with Crippen molar-refractivity contribution in [1.82, 2.24) is 9.80 Å². The van der Waals surface area contributed by atoms with Crippen LogP contribution < -0.4 is 10.2 Å². The fourth-order valence-corrected chi connectivity index (χ4v) is 4.18. The van der Waals surface area contributed by atoms with Crippen LogP contribution in [0, 0.1) is 5.92 Å². The summed E-state index contributed by atoms with van der Waals surface area (Å²) in [5.41, 5.74) is 3.45. The maximum absolute atomic E-state index is 12.6. The van der Waals surface area contributed by atoms with Crippen molar-refractivity contribution in [2.75, 3.05) is 49.5 Å². The first kappa shape index (κ1) is 19.8. The number of rotatable bonds is 4. The van der Waals surface area contributed by atoms with Gasteiger partial charge in [0.05, 0.1) is 0 Å². The molecule has 2 aromatic carbocycles. The maximum Gasteiger partial charge on any atom is 0.321 e. The van der Waals surface area contributed by atoms with E-state index in [1.165, 1.54) is 24.1 Å². The maximum atomic E-state index is 12.6. The molecule has 2 amide bonds. The molecular formula is C24H32N4O. The third-order valence-corrected chi connectivity index (χ3v) is 6.18. The summed E-state index contributed by atoms with van der Waals surface area (Å²) in [6.07, 6.45) is 2.52. The van der Waals surface area contributed by atoms with Crippen molar-refractivity contribution in [3.63, 3.8) is 0 Å². The molecule has 2 aromatic rings. The fourth-order valence-electron chi connectivity index (χ4n) is 4.18. The van der Waals surface area contributed by atoms with E-state index < -0.39 is 0 Å². The van der Waals surface area contributed by atoms with Crippen LogP contribution in [0.1, 0.15) is 25.3 Å². The van der Waals surface area contributed by atoms with Crippen molar-refractivity contribution in [3.05, 3.63) is 60.2 Å². The van der Waals surface area contributed by atoms with Crippen molar-refractivity contribution >= 4 is 17.4 Å². The highest BCUT2D eigenvalue weighted by Gasteiger charge is 2.21. The van der Waals surface area contributed by atoms with Crippen molar-refractivity contribution in [2.45, 2.75) is 26.3 Å². The van der Waals surface area contributed by atoms with Gasteiger partial charge in [-0.05, 0) is 48.6 Å². The van der Waals surface area contributed by atoms with Crippen LogP contribution in [0.2, 0.25) is 0 Å². The van der Waals surface area contributed by atoms with Crippen LogP contribution in [-0.4, -0.2) is 55.1 Å². The molecule has 5 heteroatoms. The minimum atomic E-state index is 0.00362. The SMILES string of the molecule is CC1CCN(c2ccc(NC(=O)N3CCN(Cc4ccccc4)CC3)cc2)CC1. The Morgan fingerprint density at radius 2 is 1.55 bits per heavy atom. The second-order valence-electron chi connectivity index (χ2n) is 8.40. The topological polar surface area (TPSA) is 38.8 Å². The van der Waals surface area contributed by atoms with Gasteiger partial charge in [-0.1, -0.05) is 37.3 Å². The van der Waals surface area contributed by atoms with Gasteiger partial charge in [0.15, 0.2) is 0 Å². The van der Waals surface area contributed by atoms with Crippen molar-refractivity contribution in [2.24, 2.45) is 5.92 Å². The zero-order valence-electron chi connectivity index (χ0n) is 17.4. The molecule has 2 aliphatic heterocycles. The normalized spacial score (nSPS) is 18.7. The Balaban J connectivity index is 1.24. The Bertz CT molecular complexity index is 776. The van der Waals surface area contributed by atoms with E-state index in [0.29, 0.717) is 0 Å². The second-order valence-corrected chi connectivity index (χ2v) is 8.40. The predicted molar refractivity (Wildman–Crippen MR) is 119 cm³/mol. The van der Waals surface area contributed by atoms with Gasteiger partial charge in [0.1, 0.15) is 0 Å². The number of benzene rings is 2. The van der Waals surface area contributed by atoms with Crippen LogP contribution in [0.25, 0.3) is 0 Å². The number of anilines is 2. The lowest BCUT2D eigenvalue weighted by molar-refractivity contribution is 0.143. The standard InChI is InChI=1S/C24H32N4O/c1-20-11-13-27(14-12-20)23-9-7-22(8-10-23)25-24(29)28-17-15-26(16-18-28)19-21-5-3-2-4-6-21/h2-10,20H,11-19H2,1H3,(H,25,29). The molecule has 2 heterocycles. The van der Waals surface area contributed by atoms with Crippen LogP contribution in [0.15, 0.2) is 54.6 Å². The summed E-state index contributed by atoms with van der Waals surface area (Å²) in [5, 5.41) is 3.06. The van der Waals surface area contributed by atoms with E-state index in [9.17, 15) is 4.79 Å². The summed E-state index contributed by atoms with van der Waals surface area (Å²) in [5.74, 6) is 0.831. The molecular weight excluding hydrogens is 360 g/mol. The van der Waals surface area contributed by atoms with Crippen LogP contribution in [0.4, 0.5) is 16.2 Å². The fraction of sp³-hybridized carbons (Fsp3) is 0.458. The van der Waals surface area contributed by atoms with Crippen LogP contribution >= 0.6 is 0 Å². The van der Waals surface area contributed by atoms with Gasteiger partial charge >= 0.3 is 6.03 Å². The minimum Gasteiger partial charge on any atom is -0.372 e. The summed E-state index contributed by atoms with van der Waals surface area (Å²) >= 11 is 0. The van der Waals surface area contributed by atoms with E-state index >= 15 is 0 Å².